The lowest BCUT2D eigenvalue weighted by Gasteiger charge is -2.28. The summed E-state index contributed by atoms with van der Waals surface area (Å²) in [7, 11) is 0. The number of nitrogens with zero attached hydrogens (tertiary/aromatic N) is 2. The number of fused-ring (bicyclic) bond motifs is 2. The highest BCUT2D eigenvalue weighted by atomic mass is 16.5. The first-order chi connectivity index (χ1) is 28.2. The Hall–Kier alpha value is -6.58. The highest BCUT2D eigenvalue weighted by Crippen LogP contribution is 2.42. The molecule has 0 amide bonds. The molecule has 0 unspecified atom stereocenters. The molecule has 3 nitrogen and oxygen atoms in total. The summed E-state index contributed by atoms with van der Waals surface area (Å²) in [6.45, 7) is 4.72. The molecule has 280 valence electrons. The van der Waals surface area contributed by atoms with Crippen LogP contribution < -0.4 is 14.5 Å². The maximum absolute atomic E-state index is 6.37. The van der Waals surface area contributed by atoms with Crippen LogP contribution in [0.2, 0.25) is 0 Å². The molecule has 9 rings (SSSR count). The summed E-state index contributed by atoms with van der Waals surface area (Å²) in [5.41, 5.74) is 9.07. The van der Waals surface area contributed by atoms with E-state index in [1.54, 1.807) is 0 Å². The lowest BCUT2D eigenvalue weighted by Crippen LogP contribution is -2.19. The van der Waals surface area contributed by atoms with E-state index in [1.165, 1.54) is 58.4 Å². The fraction of sp³-hybridized carbons (Fsp3) is 0.148. The zero-order valence-electron chi connectivity index (χ0n) is 32.4. The summed E-state index contributed by atoms with van der Waals surface area (Å²) in [4.78, 5) is 4.71. The smallest absolute Gasteiger partial charge is 0.119 e. The minimum Gasteiger partial charge on any atom is -0.493 e. The average molecular weight is 741 g/mol. The number of hydrogen-bond acceptors (Lipinski definition) is 3. The van der Waals surface area contributed by atoms with E-state index in [4.69, 9.17) is 4.74 Å². The molecule has 1 saturated carbocycles. The number of rotatable bonds is 12. The summed E-state index contributed by atoms with van der Waals surface area (Å²) in [6, 6.07) is 67.5. The molecule has 1 aliphatic rings. The van der Waals surface area contributed by atoms with Crippen LogP contribution in [0, 0.1) is 11.8 Å². The quantitative estimate of drug-likeness (QED) is 0.116. The number of benzene rings is 8. The van der Waals surface area contributed by atoms with Gasteiger partial charge in [0.15, 0.2) is 0 Å². The Balaban J connectivity index is 0.995. The van der Waals surface area contributed by atoms with Crippen molar-refractivity contribution in [2.24, 2.45) is 11.8 Å². The predicted octanol–water partition coefficient (Wildman–Crippen LogP) is 15.4. The number of ether oxygens (including phenoxy) is 1. The molecule has 57 heavy (non-hydrogen) atoms. The van der Waals surface area contributed by atoms with Gasteiger partial charge in [0, 0.05) is 33.5 Å². The SMILES string of the molecule is C=CCC1CCC(COc2ccc(N(c3ccc(-c4ccc(N(c5ccccc5)c5cccc6ccccc56)cc4)cc3)c3cccc4ccccc34)cc2)CC1. The predicted molar refractivity (Wildman–Crippen MR) is 242 cm³/mol. The summed E-state index contributed by atoms with van der Waals surface area (Å²) in [5.74, 6) is 2.35. The lowest BCUT2D eigenvalue weighted by atomic mass is 9.81. The molecule has 0 radical (unpaired) electrons. The van der Waals surface area contributed by atoms with Crippen molar-refractivity contribution in [3.63, 3.8) is 0 Å². The normalized spacial score (nSPS) is 15.3. The summed E-state index contributed by atoms with van der Waals surface area (Å²) < 4.78 is 6.37. The molecule has 0 aliphatic heterocycles. The van der Waals surface area contributed by atoms with Crippen LogP contribution in [0.15, 0.2) is 201 Å². The molecule has 0 atom stereocenters. The van der Waals surface area contributed by atoms with Gasteiger partial charge in [-0.05, 0) is 139 Å². The molecule has 8 aromatic rings. The van der Waals surface area contributed by atoms with Crippen LogP contribution in [0.4, 0.5) is 34.1 Å². The minimum absolute atomic E-state index is 0.625. The van der Waals surface area contributed by atoms with Gasteiger partial charge in [-0.1, -0.05) is 121 Å². The molecule has 0 heterocycles. The zero-order chi connectivity index (χ0) is 38.4. The highest BCUT2D eigenvalue weighted by molar-refractivity contribution is 6.00. The van der Waals surface area contributed by atoms with Gasteiger partial charge in [-0.2, -0.15) is 0 Å². The van der Waals surface area contributed by atoms with Gasteiger partial charge in [0.1, 0.15) is 5.75 Å². The molecular weight excluding hydrogens is 693 g/mol. The van der Waals surface area contributed by atoms with E-state index in [-0.39, 0.29) is 0 Å². The molecule has 1 aliphatic carbocycles. The third-order valence-electron chi connectivity index (χ3n) is 11.7. The van der Waals surface area contributed by atoms with Crippen molar-refractivity contribution in [3.8, 4) is 16.9 Å². The van der Waals surface area contributed by atoms with E-state index in [1.807, 2.05) is 0 Å². The van der Waals surface area contributed by atoms with Crippen LogP contribution in [0.1, 0.15) is 32.1 Å². The fourth-order valence-electron chi connectivity index (χ4n) is 8.62. The molecule has 0 N–H and O–H groups in total. The average Bonchev–Trinajstić information content (AvgIpc) is 3.28. The van der Waals surface area contributed by atoms with Gasteiger partial charge in [-0.25, -0.2) is 0 Å². The van der Waals surface area contributed by atoms with E-state index in [0.717, 1.165) is 58.8 Å². The van der Waals surface area contributed by atoms with Crippen molar-refractivity contribution in [1.29, 1.82) is 0 Å². The minimum atomic E-state index is 0.625. The Kier molecular flexibility index (Phi) is 10.5. The first-order valence-electron chi connectivity index (χ1n) is 20.4. The number of anilines is 6. The lowest BCUT2D eigenvalue weighted by molar-refractivity contribution is 0.183. The molecule has 0 aromatic heterocycles. The van der Waals surface area contributed by atoms with Crippen molar-refractivity contribution in [2.45, 2.75) is 32.1 Å². The zero-order valence-corrected chi connectivity index (χ0v) is 32.4. The van der Waals surface area contributed by atoms with E-state index in [9.17, 15) is 0 Å². The third-order valence-corrected chi connectivity index (χ3v) is 11.7. The molecular formula is C54H48N2O. The first kappa shape index (κ1) is 36.1. The standard InChI is InChI=1S/C54H48N2O/c1-2-12-40-23-25-41(26-24-40)39-57-50-37-35-49(36-38-50)56(54-22-11-16-45-14-7-9-20-52(45)54)48-33-29-43(30-34-48)42-27-31-47(32-28-42)55(46-17-4-3-5-18-46)53-21-10-15-44-13-6-8-19-51(44)53/h2-11,13-22,27-38,40-41H,1,12,23-26,39H2. The van der Waals surface area contributed by atoms with Crippen LogP contribution >= 0.6 is 0 Å². The monoisotopic (exact) mass is 740 g/mol. The number of allylic oxidation sites excluding steroid dienone is 1. The van der Waals surface area contributed by atoms with Crippen LogP contribution in [-0.2, 0) is 0 Å². The fourth-order valence-corrected chi connectivity index (χ4v) is 8.62. The van der Waals surface area contributed by atoms with E-state index in [0.29, 0.717) is 5.92 Å². The van der Waals surface area contributed by atoms with Crippen molar-refractivity contribution in [2.75, 3.05) is 16.4 Å². The summed E-state index contributed by atoms with van der Waals surface area (Å²) >= 11 is 0. The van der Waals surface area contributed by atoms with Crippen LogP contribution in [-0.4, -0.2) is 6.61 Å². The third kappa shape index (κ3) is 7.79. The van der Waals surface area contributed by atoms with Gasteiger partial charge in [-0.3, -0.25) is 0 Å². The van der Waals surface area contributed by atoms with Gasteiger partial charge in [0.2, 0.25) is 0 Å². The largest absolute Gasteiger partial charge is 0.493 e. The second kappa shape index (κ2) is 16.6. The van der Waals surface area contributed by atoms with Crippen molar-refractivity contribution in [1.82, 2.24) is 0 Å². The summed E-state index contributed by atoms with van der Waals surface area (Å²) in [5, 5.41) is 4.87. The van der Waals surface area contributed by atoms with Gasteiger partial charge in [0.05, 0.1) is 18.0 Å². The van der Waals surface area contributed by atoms with Crippen molar-refractivity contribution < 1.29 is 4.74 Å². The molecule has 8 aromatic carbocycles. The van der Waals surface area contributed by atoms with Crippen LogP contribution in [0.5, 0.6) is 5.75 Å². The highest BCUT2D eigenvalue weighted by Gasteiger charge is 2.21. The summed E-state index contributed by atoms with van der Waals surface area (Å²) in [6.07, 6.45) is 8.25. The second-order valence-electron chi connectivity index (χ2n) is 15.3. The van der Waals surface area contributed by atoms with Gasteiger partial charge in [-0.15, -0.1) is 6.58 Å². The van der Waals surface area contributed by atoms with Crippen LogP contribution in [0.25, 0.3) is 32.7 Å². The Labute approximate surface area is 337 Å². The van der Waals surface area contributed by atoms with Gasteiger partial charge in [0.25, 0.3) is 0 Å². The topological polar surface area (TPSA) is 15.7 Å². The number of para-hydroxylation sites is 1. The van der Waals surface area contributed by atoms with E-state index < -0.39 is 0 Å². The van der Waals surface area contributed by atoms with Crippen LogP contribution in [0.3, 0.4) is 0 Å². The second-order valence-corrected chi connectivity index (χ2v) is 15.3. The molecule has 0 saturated heterocycles. The molecule has 3 heteroatoms. The Bertz CT molecular complexity index is 2560. The Morgan fingerprint density at radius 3 is 1.37 bits per heavy atom. The van der Waals surface area contributed by atoms with Gasteiger partial charge >= 0.3 is 0 Å². The van der Waals surface area contributed by atoms with Gasteiger partial charge < -0.3 is 14.5 Å². The van der Waals surface area contributed by atoms with E-state index in [2.05, 4.69) is 211 Å². The molecule has 0 spiro atoms. The van der Waals surface area contributed by atoms with E-state index >= 15 is 0 Å². The van der Waals surface area contributed by atoms with Crippen molar-refractivity contribution >= 4 is 55.7 Å². The molecule has 1 fully saturated rings. The Morgan fingerprint density at radius 2 is 0.860 bits per heavy atom. The maximum atomic E-state index is 6.37. The maximum Gasteiger partial charge on any atom is 0.119 e. The first-order valence-corrected chi connectivity index (χ1v) is 20.4. The van der Waals surface area contributed by atoms with Crippen molar-refractivity contribution in [3.05, 3.63) is 201 Å². The molecule has 0 bridgehead atoms. The Morgan fingerprint density at radius 1 is 0.439 bits per heavy atom. The number of hydrogen-bond donors (Lipinski definition) is 0.